The third-order valence-corrected chi connectivity index (χ3v) is 3.52. The first-order chi connectivity index (χ1) is 11.2. The molecule has 0 aliphatic heterocycles. The summed E-state index contributed by atoms with van der Waals surface area (Å²) in [6.07, 6.45) is 2.98. The highest BCUT2D eigenvalue weighted by atomic mass is 79.9. The number of nitrogens with one attached hydrogen (secondary N) is 2. The van der Waals surface area contributed by atoms with Gasteiger partial charge in [0.1, 0.15) is 0 Å². The Bertz CT molecular complexity index is 806. The van der Waals surface area contributed by atoms with Crippen LogP contribution < -0.4 is 10.6 Å². The van der Waals surface area contributed by atoms with Crippen LogP contribution in [-0.2, 0) is 0 Å². The van der Waals surface area contributed by atoms with Crippen molar-refractivity contribution >= 4 is 39.2 Å². The van der Waals surface area contributed by atoms with Gasteiger partial charge < -0.3 is 10.6 Å². The summed E-state index contributed by atoms with van der Waals surface area (Å²) < 4.78 is 0.897. The Kier molecular flexibility index (Phi) is 4.63. The fourth-order valence-electron chi connectivity index (χ4n) is 1.93. The molecular weight excluding hydrogens is 356 g/mol. The number of amides is 1. The van der Waals surface area contributed by atoms with E-state index in [1.54, 1.807) is 0 Å². The van der Waals surface area contributed by atoms with E-state index < -0.39 is 0 Å². The van der Waals surface area contributed by atoms with Crippen LogP contribution in [0.25, 0.3) is 0 Å². The monoisotopic (exact) mass is 368 g/mol. The van der Waals surface area contributed by atoms with Crippen molar-refractivity contribution in [2.75, 3.05) is 10.6 Å². The lowest BCUT2D eigenvalue weighted by Gasteiger charge is -2.07. The second kappa shape index (κ2) is 7.02. The maximum Gasteiger partial charge on any atom is 0.258 e. The van der Waals surface area contributed by atoms with Crippen LogP contribution >= 0.6 is 15.9 Å². The molecule has 2 N–H and O–H groups in total. The molecule has 0 saturated carbocycles. The van der Waals surface area contributed by atoms with E-state index in [1.807, 2.05) is 54.6 Å². The number of para-hydroxylation sites is 1. The smallest absolute Gasteiger partial charge is 0.258 e. The third kappa shape index (κ3) is 4.14. The first-order valence-corrected chi connectivity index (χ1v) is 7.71. The van der Waals surface area contributed by atoms with E-state index in [0.29, 0.717) is 17.2 Å². The Labute approximate surface area is 141 Å². The van der Waals surface area contributed by atoms with E-state index in [-0.39, 0.29) is 5.91 Å². The van der Waals surface area contributed by atoms with Gasteiger partial charge in [-0.3, -0.25) is 4.79 Å². The fraction of sp³-hybridized carbons (Fsp3) is 0. The standard InChI is InChI=1S/C17H13BrN4O/c18-13-5-4-8-15(9-13)21-16(23)12-10-19-17(20-11-12)22-14-6-2-1-3-7-14/h1-11H,(H,21,23)(H,19,20,22). The van der Waals surface area contributed by atoms with Crippen LogP contribution in [0.3, 0.4) is 0 Å². The minimum Gasteiger partial charge on any atom is -0.324 e. The van der Waals surface area contributed by atoms with Crippen molar-refractivity contribution < 1.29 is 4.79 Å². The molecule has 0 saturated heterocycles. The van der Waals surface area contributed by atoms with Gasteiger partial charge in [0.15, 0.2) is 0 Å². The van der Waals surface area contributed by atoms with Gasteiger partial charge in [0.2, 0.25) is 5.95 Å². The SMILES string of the molecule is O=C(Nc1cccc(Br)c1)c1cnc(Nc2ccccc2)nc1. The molecule has 0 fully saturated rings. The Morgan fingerprint density at radius 1 is 0.913 bits per heavy atom. The van der Waals surface area contributed by atoms with Gasteiger partial charge in [0.05, 0.1) is 5.56 Å². The largest absolute Gasteiger partial charge is 0.324 e. The molecule has 6 heteroatoms. The molecule has 0 atom stereocenters. The molecule has 5 nitrogen and oxygen atoms in total. The van der Waals surface area contributed by atoms with Crippen LogP contribution in [0.2, 0.25) is 0 Å². The number of halogens is 1. The highest BCUT2D eigenvalue weighted by Gasteiger charge is 2.08. The van der Waals surface area contributed by atoms with Crippen LogP contribution in [0, 0.1) is 0 Å². The number of carbonyl (C=O) groups is 1. The van der Waals surface area contributed by atoms with Crippen LogP contribution in [0.1, 0.15) is 10.4 Å². The van der Waals surface area contributed by atoms with Gasteiger partial charge in [-0.05, 0) is 30.3 Å². The number of anilines is 3. The van der Waals surface area contributed by atoms with Gasteiger partial charge in [-0.25, -0.2) is 9.97 Å². The average molecular weight is 369 g/mol. The Balaban J connectivity index is 1.68. The molecule has 3 aromatic rings. The second-order valence-electron chi connectivity index (χ2n) is 4.75. The number of aromatic nitrogens is 2. The minimum atomic E-state index is -0.255. The highest BCUT2D eigenvalue weighted by Crippen LogP contribution is 2.17. The normalized spacial score (nSPS) is 10.1. The van der Waals surface area contributed by atoms with Crippen LogP contribution in [0.15, 0.2) is 71.5 Å². The number of nitrogens with zero attached hydrogens (tertiary/aromatic N) is 2. The Hall–Kier alpha value is -2.73. The van der Waals surface area contributed by atoms with E-state index in [2.05, 4.69) is 36.5 Å². The lowest BCUT2D eigenvalue weighted by atomic mass is 10.3. The van der Waals surface area contributed by atoms with Gasteiger partial charge in [-0.15, -0.1) is 0 Å². The van der Waals surface area contributed by atoms with E-state index in [4.69, 9.17) is 0 Å². The lowest BCUT2D eigenvalue weighted by Crippen LogP contribution is -2.13. The summed E-state index contributed by atoms with van der Waals surface area (Å²) in [6.45, 7) is 0. The molecule has 0 unspecified atom stereocenters. The molecule has 0 aliphatic carbocycles. The zero-order chi connectivity index (χ0) is 16.1. The van der Waals surface area contributed by atoms with Crippen molar-refractivity contribution in [1.29, 1.82) is 0 Å². The summed E-state index contributed by atoms with van der Waals surface area (Å²) in [5.41, 5.74) is 1.98. The quantitative estimate of drug-likeness (QED) is 0.722. The zero-order valence-corrected chi connectivity index (χ0v) is 13.6. The van der Waals surface area contributed by atoms with Crippen molar-refractivity contribution in [3.8, 4) is 0 Å². The molecule has 1 amide bonds. The first-order valence-electron chi connectivity index (χ1n) is 6.92. The summed E-state index contributed by atoms with van der Waals surface area (Å²) in [5.74, 6) is 0.185. The molecule has 0 radical (unpaired) electrons. The minimum absolute atomic E-state index is 0.255. The average Bonchev–Trinajstić information content (AvgIpc) is 2.56. The van der Waals surface area contributed by atoms with E-state index >= 15 is 0 Å². The second-order valence-corrected chi connectivity index (χ2v) is 5.67. The predicted molar refractivity (Wildman–Crippen MR) is 93.9 cm³/mol. The number of hydrogen-bond donors (Lipinski definition) is 2. The summed E-state index contributed by atoms with van der Waals surface area (Å²) in [4.78, 5) is 20.5. The third-order valence-electron chi connectivity index (χ3n) is 3.03. The molecule has 0 spiro atoms. The summed E-state index contributed by atoms with van der Waals surface area (Å²) in [7, 11) is 0. The molecule has 0 bridgehead atoms. The first kappa shape index (κ1) is 15.2. The molecular formula is C17H13BrN4O. The predicted octanol–water partition coefficient (Wildman–Crippen LogP) is 4.24. The zero-order valence-electron chi connectivity index (χ0n) is 12.0. The molecule has 3 rings (SSSR count). The maximum absolute atomic E-state index is 12.2. The number of carbonyl (C=O) groups excluding carboxylic acids is 1. The molecule has 1 heterocycles. The van der Waals surface area contributed by atoms with Crippen LogP contribution in [0.4, 0.5) is 17.3 Å². The summed E-state index contributed by atoms with van der Waals surface area (Å²) in [6, 6.07) is 17.0. The fourth-order valence-corrected chi connectivity index (χ4v) is 2.33. The van der Waals surface area contributed by atoms with E-state index in [9.17, 15) is 4.79 Å². The highest BCUT2D eigenvalue weighted by molar-refractivity contribution is 9.10. The molecule has 2 aromatic carbocycles. The van der Waals surface area contributed by atoms with Gasteiger partial charge in [0.25, 0.3) is 5.91 Å². The van der Waals surface area contributed by atoms with Gasteiger partial charge >= 0.3 is 0 Å². The van der Waals surface area contributed by atoms with Crippen molar-refractivity contribution in [3.63, 3.8) is 0 Å². The van der Waals surface area contributed by atoms with Crippen LogP contribution in [0.5, 0.6) is 0 Å². The lowest BCUT2D eigenvalue weighted by molar-refractivity contribution is 0.102. The van der Waals surface area contributed by atoms with Crippen molar-refractivity contribution in [2.45, 2.75) is 0 Å². The number of rotatable bonds is 4. The van der Waals surface area contributed by atoms with Gasteiger partial charge in [0, 0.05) is 28.2 Å². The molecule has 23 heavy (non-hydrogen) atoms. The van der Waals surface area contributed by atoms with E-state index in [0.717, 1.165) is 10.2 Å². The molecule has 1 aromatic heterocycles. The Morgan fingerprint density at radius 3 is 2.30 bits per heavy atom. The topological polar surface area (TPSA) is 66.9 Å². The van der Waals surface area contributed by atoms with E-state index in [1.165, 1.54) is 12.4 Å². The number of hydrogen-bond acceptors (Lipinski definition) is 4. The van der Waals surface area contributed by atoms with Crippen molar-refractivity contribution in [2.24, 2.45) is 0 Å². The Morgan fingerprint density at radius 2 is 1.61 bits per heavy atom. The maximum atomic E-state index is 12.2. The van der Waals surface area contributed by atoms with Gasteiger partial charge in [-0.1, -0.05) is 40.2 Å². The summed E-state index contributed by atoms with van der Waals surface area (Å²) >= 11 is 3.37. The van der Waals surface area contributed by atoms with Crippen LogP contribution in [-0.4, -0.2) is 15.9 Å². The number of benzene rings is 2. The van der Waals surface area contributed by atoms with Gasteiger partial charge in [-0.2, -0.15) is 0 Å². The summed E-state index contributed by atoms with van der Waals surface area (Å²) in [5, 5.41) is 5.87. The van der Waals surface area contributed by atoms with Crippen molar-refractivity contribution in [1.82, 2.24) is 9.97 Å². The molecule has 114 valence electrons. The molecule has 0 aliphatic rings. The van der Waals surface area contributed by atoms with Crippen molar-refractivity contribution in [3.05, 3.63) is 77.0 Å².